The molecule has 1 aliphatic heterocycles. The summed E-state index contributed by atoms with van der Waals surface area (Å²) in [5.41, 5.74) is 7.93. The van der Waals surface area contributed by atoms with Crippen molar-refractivity contribution in [3.8, 4) is 0 Å². The Balaban J connectivity index is 1.65. The number of H-pyrrole nitrogens is 1. The molecule has 0 spiro atoms. The fourth-order valence-corrected chi connectivity index (χ4v) is 2.98. The molecule has 1 aromatic carbocycles. The molecule has 1 aromatic heterocycles. The van der Waals surface area contributed by atoms with E-state index in [1.165, 1.54) is 0 Å². The molecule has 1 unspecified atom stereocenters. The van der Waals surface area contributed by atoms with Gasteiger partial charge in [0, 0.05) is 25.2 Å². The Morgan fingerprint density at radius 1 is 1.50 bits per heavy atom. The zero-order valence-electron chi connectivity index (χ0n) is 11.9. The summed E-state index contributed by atoms with van der Waals surface area (Å²) in [6.45, 7) is 4.65. The number of rotatable bonds is 3. The molecule has 0 saturated carbocycles. The molecule has 2 aromatic rings. The predicted octanol–water partition coefficient (Wildman–Crippen LogP) is 1.53. The zero-order valence-corrected chi connectivity index (χ0v) is 11.9. The molecule has 0 amide bonds. The molecule has 3 rings (SSSR count). The van der Waals surface area contributed by atoms with E-state index in [4.69, 9.17) is 5.73 Å². The maximum atomic E-state index is 10.1. The maximum absolute atomic E-state index is 10.1. The van der Waals surface area contributed by atoms with Gasteiger partial charge in [0.15, 0.2) is 0 Å². The average molecular weight is 274 g/mol. The highest BCUT2D eigenvalue weighted by Crippen LogP contribution is 2.20. The van der Waals surface area contributed by atoms with Crippen LogP contribution in [0, 0.1) is 0 Å². The molecular weight excluding hydrogens is 252 g/mol. The predicted molar refractivity (Wildman–Crippen MR) is 80.5 cm³/mol. The number of aromatic nitrogens is 2. The van der Waals surface area contributed by atoms with Crippen LogP contribution < -0.4 is 5.73 Å². The molecule has 20 heavy (non-hydrogen) atoms. The van der Waals surface area contributed by atoms with E-state index in [1.54, 1.807) is 0 Å². The van der Waals surface area contributed by atoms with Gasteiger partial charge in [-0.15, -0.1) is 0 Å². The first kappa shape index (κ1) is 13.4. The highest BCUT2D eigenvalue weighted by Gasteiger charge is 2.27. The standard InChI is InChI=1S/C15H22N4O/c1-15(20)6-2-7-19(10-15)8-5-14-17-12-4-3-11(16)9-13(12)18-14/h3-4,9,20H,2,5-8,10,16H2,1H3,(H,17,18). The van der Waals surface area contributed by atoms with Crippen LogP contribution in [0.1, 0.15) is 25.6 Å². The lowest BCUT2D eigenvalue weighted by Gasteiger charge is -2.36. The van der Waals surface area contributed by atoms with Gasteiger partial charge in [0.05, 0.1) is 16.6 Å². The minimum Gasteiger partial charge on any atom is -0.399 e. The van der Waals surface area contributed by atoms with Gasteiger partial charge >= 0.3 is 0 Å². The number of nitrogens with two attached hydrogens (primary N) is 1. The van der Waals surface area contributed by atoms with Crippen LogP contribution in [0.15, 0.2) is 18.2 Å². The Bertz CT molecular complexity index is 605. The number of piperidine rings is 1. The van der Waals surface area contributed by atoms with Crippen LogP contribution in [0.25, 0.3) is 11.0 Å². The topological polar surface area (TPSA) is 78.2 Å². The van der Waals surface area contributed by atoms with E-state index in [1.807, 2.05) is 25.1 Å². The number of imidazole rings is 1. The number of aliphatic hydroxyl groups is 1. The summed E-state index contributed by atoms with van der Waals surface area (Å²) >= 11 is 0. The van der Waals surface area contributed by atoms with Crippen LogP contribution in [0.4, 0.5) is 5.69 Å². The number of anilines is 1. The summed E-state index contributed by atoms with van der Waals surface area (Å²) < 4.78 is 0. The van der Waals surface area contributed by atoms with E-state index in [0.29, 0.717) is 0 Å². The van der Waals surface area contributed by atoms with Crippen molar-refractivity contribution in [1.29, 1.82) is 0 Å². The zero-order chi connectivity index (χ0) is 14.2. The van der Waals surface area contributed by atoms with Crippen molar-refractivity contribution in [2.24, 2.45) is 0 Å². The third-order valence-electron chi connectivity index (χ3n) is 3.97. The summed E-state index contributed by atoms with van der Waals surface area (Å²) in [6.07, 6.45) is 2.82. The minimum absolute atomic E-state index is 0.541. The van der Waals surface area contributed by atoms with E-state index in [9.17, 15) is 5.11 Å². The van der Waals surface area contributed by atoms with E-state index in [0.717, 1.165) is 61.4 Å². The van der Waals surface area contributed by atoms with Gasteiger partial charge in [-0.1, -0.05) is 0 Å². The molecule has 108 valence electrons. The fraction of sp³-hybridized carbons (Fsp3) is 0.533. The van der Waals surface area contributed by atoms with Crippen LogP contribution in [0.5, 0.6) is 0 Å². The molecule has 5 heteroatoms. The van der Waals surface area contributed by atoms with Crippen molar-refractivity contribution in [3.05, 3.63) is 24.0 Å². The summed E-state index contributed by atoms with van der Waals surface area (Å²) in [7, 11) is 0. The van der Waals surface area contributed by atoms with Crippen molar-refractivity contribution in [2.45, 2.75) is 31.8 Å². The van der Waals surface area contributed by atoms with Gasteiger partial charge in [0.25, 0.3) is 0 Å². The van der Waals surface area contributed by atoms with Crippen LogP contribution in [-0.4, -0.2) is 45.2 Å². The third kappa shape index (κ3) is 2.94. The van der Waals surface area contributed by atoms with Crippen molar-refractivity contribution in [2.75, 3.05) is 25.4 Å². The number of aromatic amines is 1. The lowest BCUT2D eigenvalue weighted by atomic mass is 9.95. The second-order valence-corrected chi connectivity index (χ2v) is 6.09. The first-order valence-corrected chi connectivity index (χ1v) is 7.21. The molecule has 1 aliphatic rings. The number of β-amino-alcohol motifs (C(OH)–C–C–N with tert-alkyl or cyclic N) is 1. The molecular formula is C15H22N4O. The molecule has 0 bridgehead atoms. The lowest BCUT2D eigenvalue weighted by molar-refractivity contribution is -0.0151. The minimum atomic E-state index is -0.541. The van der Waals surface area contributed by atoms with Gasteiger partial charge in [-0.25, -0.2) is 4.98 Å². The summed E-state index contributed by atoms with van der Waals surface area (Å²) in [5, 5.41) is 10.1. The SMILES string of the molecule is CC1(O)CCCN(CCc2nc3ccc(N)cc3[nH]2)C1. The van der Waals surface area contributed by atoms with Crippen LogP contribution in [0.3, 0.4) is 0 Å². The number of hydrogen-bond donors (Lipinski definition) is 3. The Labute approximate surface area is 118 Å². The number of fused-ring (bicyclic) bond motifs is 1. The lowest BCUT2D eigenvalue weighted by Crippen LogP contribution is -2.46. The van der Waals surface area contributed by atoms with E-state index in [2.05, 4.69) is 14.9 Å². The number of nitrogens with zero attached hydrogens (tertiary/aromatic N) is 2. The second-order valence-electron chi connectivity index (χ2n) is 6.09. The first-order chi connectivity index (χ1) is 9.52. The fourth-order valence-electron chi connectivity index (χ4n) is 2.98. The molecule has 0 aliphatic carbocycles. The van der Waals surface area contributed by atoms with Crippen molar-refractivity contribution in [1.82, 2.24) is 14.9 Å². The van der Waals surface area contributed by atoms with Gasteiger partial charge in [-0.05, 0) is 44.5 Å². The van der Waals surface area contributed by atoms with Gasteiger partial charge in [0.1, 0.15) is 5.82 Å². The maximum Gasteiger partial charge on any atom is 0.108 e. The van der Waals surface area contributed by atoms with Gasteiger partial charge < -0.3 is 20.7 Å². The Hall–Kier alpha value is -1.59. The summed E-state index contributed by atoms with van der Waals surface area (Å²) in [6, 6.07) is 5.72. The molecule has 1 atom stereocenters. The number of hydrogen-bond acceptors (Lipinski definition) is 4. The van der Waals surface area contributed by atoms with Gasteiger partial charge in [-0.3, -0.25) is 0 Å². The summed E-state index contributed by atoms with van der Waals surface area (Å²) in [5.74, 6) is 0.982. The van der Waals surface area contributed by atoms with Gasteiger partial charge in [0.2, 0.25) is 0 Å². The van der Waals surface area contributed by atoms with Crippen molar-refractivity contribution >= 4 is 16.7 Å². The number of nitrogen functional groups attached to an aromatic ring is 1. The number of benzene rings is 1. The number of likely N-dealkylation sites (tertiary alicyclic amines) is 1. The first-order valence-electron chi connectivity index (χ1n) is 7.21. The number of nitrogens with one attached hydrogen (secondary N) is 1. The highest BCUT2D eigenvalue weighted by molar-refractivity contribution is 5.78. The smallest absolute Gasteiger partial charge is 0.108 e. The van der Waals surface area contributed by atoms with Crippen LogP contribution >= 0.6 is 0 Å². The van der Waals surface area contributed by atoms with Crippen molar-refractivity contribution < 1.29 is 5.11 Å². The van der Waals surface area contributed by atoms with Crippen LogP contribution in [-0.2, 0) is 6.42 Å². The molecule has 1 fully saturated rings. The Morgan fingerprint density at radius 3 is 3.15 bits per heavy atom. The summed E-state index contributed by atoms with van der Waals surface area (Å²) in [4.78, 5) is 10.2. The Morgan fingerprint density at radius 2 is 2.35 bits per heavy atom. The Kier molecular flexibility index (Phi) is 3.40. The molecule has 1 saturated heterocycles. The molecule has 2 heterocycles. The van der Waals surface area contributed by atoms with Crippen LogP contribution in [0.2, 0.25) is 0 Å². The quantitative estimate of drug-likeness (QED) is 0.742. The second kappa shape index (κ2) is 5.07. The van der Waals surface area contributed by atoms with E-state index < -0.39 is 5.60 Å². The largest absolute Gasteiger partial charge is 0.399 e. The molecule has 5 nitrogen and oxygen atoms in total. The van der Waals surface area contributed by atoms with Gasteiger partial charge in [-0.2, -0.15) is 0 Å². The normalized spacial score (nSPS) is 24.3. The van der Waals surface area contributed by atoms with E-state index in [-0.39, 0.29) is 0 Å². The average Bonchev–Trinajstić information content (AvgIpc) is 2.77. The monoisotopic (exact) mass is 274 g/mol. The molecule has 4 N–H and O–H groups in total. The van der Waals surface area contributed by atoms with Crippen molar-refractivity contribution in [3.63, 3.8) is 0 Å². The third-order valence-corrected chi connectivity index (χ3v) is 3.97. The highest BCUT2D eigenvalue weighted by atomic mass is 16.3. The van der Waals surface area contributed by atoms with E-state index >= 15 is 0 Å². The molecule has 0 radical (unpaired) electrons.